The predicted molar refractivity (Wildman–Crippen MR) is 125 cm³/mol. The largest absolute Gasteiger partial charge is 0.493 e. The summed E-state index contributed by atoms with van der Waals surface area (Å²) in [6.45, 7) is 1.49. The highest BCUT2D eigenvalue weighted by Crippen LogP contribution is 2.35. The maximum Gasteiger partial charge on any atom is 0.373 e. The number of methoxy groups -OCH3 is 2. The van der Waals surface area contributed by atoms with Crippen molar-refractivity contribution in [1.82, 2.24) is 10.2 Å². The van der Waals surface area contributed by atoms with Gasteiger partial charge in [-0.2, -0.15) is 0 Å². The number of urea groups is 1. The van der Waals surface area contributed by atoms with E-state index in [2.05, 4.69) is 10.1 Å². The van der Waals surface area contributed by atoms with Gasteiger partial charge in [-0.3, -0.25) is 9.69 Å². The average molecular weight is 584 g/mol. The molecule has 3 amide bonds. The Labute approximate surface area is 208 Å². The molecule has 0 aliphatic carbocycles. The Morgan fingerprint density at radius 2 is 1.97 bits per heavy atom. The van der Waals surface area contributed by atoms with E-state index in [1.807, 2.05) is 22.6 Å². The fourth-order valence-corrected chi connectivity index (χ4v) is 3.79. The number of ether oxygens (including phenoxy) is 4. The Hall–Kier alpha value is -3.55. The standard InChI is InChI=1S/C22H21IN2O9/c1-4-32-18(26)11-33-19-14(23)7-12(9-17(19)30-2)8-15-20(27)25(22(29)24-15)10-13-5-6-16(34-13)21(28)31-3/h5-9H,4,10-11H2,1-3H3,(H,24,29)/b15-8-. The summed E-state index contributed by atoms with van der Waals surface area (Å²) in [4.78, 5) is 49.2. The van der Waals surface area contributed by atoms with E-state index in [4.69, 9.17) is 18.6 Å². The van der Waals surface area contributed by atoms with Crippen LogP contribution in [0.2, 0.25) is 0 Å². The Bertz CT molecular complexity index is 1160. The second kappa shape index (κ2) is 11.0. The lowest BCUT2D eigenvalue weighted by Gasteiger charge is -2.13. The molecule has 0 unspecified atom stereocenters. The summed E-state index contributed by atoms with van der Waals surface area (Å²) in [5, 5.41) is 2.52. The SMILES string of the molecule is CCOC(=O)COc1c(I)cc(/C=C2\NC(=O)N(Cc3ccc(C(=O)OC)o3)C2=O)cc1OC. The molecular formula is C22H21IN2O9. The smallest absolute Gasteiger partial charge is 0.373 e. The van der Waals surface area contributed by atoms with Gasteiger partial charge in [0, 0.05) is 0 Å². The minimum absolute atomic E-state index is 0.0349. The highest BCUT2D eigenvalue weighted by Gasteiger charge is 2.34. The normalized spacial score (nSPS) is 14.2. The number of rotatable bonds is 9. The molecule has 12 heteroatoms. The molecule has 1 fully saturated rings. The Morgan fingerprint density at radius 3 is 2.65 bits per heavy atom. The first-order valence-electron chi connectivity index (χ1n) is 9.94. The average Bonchev–Trinajstić information content (AvgIpc) is 3.38. The zero-order chi connectivity index (χ0) is 24.8. The van der Waals surface area contributed by atoms with Crippen LogP contribution in [0, 0.1) is 3.57 Å². The summed E-state index contributed by atoms with van der Waals surface area (Å²) in [5.74, 6) is -0.860. The third kappa shape index (κ3) is 5.68. The predicted octanol–water partition coefficient (Wildman–Crippen LogP) is 2.71. The van der Waals surface area contributed by atoms with Gasteiger partial charge in [-0.1, -0.05) is 0 Å². The summed E-state index contributed by atoms with van der Waals surface area (Å²) in [5.41, 5.74) is 0.601. The number of hydrogen-bond donors (Lipinski definition) is 1. The van der Waals surface area contributed by atoms with Crippen LogP contribution >= 0.6 is 22.6 Å². The van der Waals surface area contributed by atoms with Gasteiger partial charge in [0.2, 0.25) is 5.76 Å². The van der Waals surface area contributed by atoms with Gasteiger partial charge >= 0.3 is 18.0 Å². The molecule has 11 nitrogen and oxygen atoms in total. The topological polar surface area (TPSA) is 134 Å². The molecule has 0 atom stereocenters. The van der Waals surface area contributed by atoms with E-state index in [1.165, 1.54) is 32.4 Å². The van der Waals surface area contributed by atoms with Gasteiger partial charge in [0.25, 0.3) is 5.91 Å². The quantitative estimate of drug-likeness (QED) is 0.205. The van der Waals surface area contributed by atoms with Gasteiger partial charge in [0.15, 0.2) is 18.1 Å². The van der Waals surface area contributed by atoms with Crippen LogP contribution in [-0.4, -0.2) is 56.2 Å². The molecule has 1 aromatic carbocycles. The van der Waals surface area contributed by atoms with Crippen LogP contribution < -0.4 is 14.8 Å². The number of nitrogens with one attached hydrogen (secondary N) is 1. The van der Waals surface area contributed by atoms with Gasteiger partial charge in [-0.05, 0) is 65.4 Å². The summed E-state index contributed by atoms with van der Waals surface area (Å²) >= 11 is 2.01. The minimum atomic E-state index is -0.665. The molecule has 1 aromatic heterocycles. The van der Waals surface area contributed by atoms with Crippen LogP contribution in [0.3, 0.4) is 0 Å². The van der Waals surface area contributed by atoms with Crippen LogP contribution in [-0.2, 0) is 25.6 Å². The maximum atomic E-state index is 12.8. The van der Waals surface area contributed by atoms with E-state index in [0.29, 0.717) is 20.6 Å². The molecule has 1 aliphatic rings. The zero-order valence-electron chi connectivity index (χ0n) is 18.5. The number of hydrogen-bond acceptors (Lipinski definition) is 9. The molecule has 0 bridgehead atoms. The number of carbonyl (C=O) groups is 4. The molecule has 2 aromatic rings. The second-order valence-electron chi connectivity index (χ2n) is 6.76. The number of esters is 2. The van der Waals surface area contributed by atoms with E-state index >= 15 is 0 Å². The van der Waals surface area contributed by atoms with E-state index in [1.54, 1.807) is 19.1 Å². The molecule has 180 valence electrons. The molecule has 1 N–H and O–H groups in total. The van der Waals surface area contributed by atoms with Gasteiger partial charge < -0.3 is 28.7 Å². The van der Waals surface area contributed by atoms with E-state index in [-0.39, 0.29) is 37.0 Å². The number of nitrogens with zero attached hydrogens (tertiary/aromatic N) is 1. The highest BCUT2D eigenvalue weighted by molar-refractivity contribution is 14.1. The van der Waals surface area contributed by atoms with E-state index in [0.717, 1.165) is 4.90 Å². The Kier molecular flexibility index (Phi) is 8.15. The van der Waals surface area contributed by atoms with Crippen LogP contribution in [0.1, 0.15) is 28.8 Å². The number of halogens is 1. The molecule has 0 saturated carbocycles. The Morgan fingerprint density at radius 1 is 1.21 bits per heavy atom. The molecule has 34 heavy (non-hydrogen) atoms. The van der Waals surface area contributed by atoms with Gasteiger partial charge in [0.05, 0.1) is 30.9 Å². The van der Waals surface area contributed by atoms with E-state index < -0.39 is 23.9 Å². The van der Waals surface area contributed by atoms with Crippen molar-refractivity contribution in [1.29, 1.82) is 0 Å². The van der Waals surface area contributed by atoms with Crippen molar-refractivity contribution in [3.63, 3.8) is 0 Å². The highest BCUT2D eigenvalue weighted by atomic mass is 127. The molecule has 1 saturated heterocycles. The van der Waals surface area contributed by atoms with E-state index in [9.17, 15) is 19.2 Å². The third-order valence-corrected chi connectivity index (χ3v) is 5.33. The minimum Gasteiger partial charge on any atom is -0.493 e. The van der Waals surface area contributed by atoms with Crippen molar-refractivity contribution in [3.05, 3.63) is 50.6 Å². The number of benzene rings is 1. The summed E-state index contributed by atoms with van der Waals surface area (Å²) in [6, 6.07) is 5.55. The molecule has 0 spiro atoms. The second-order valence-corrected chi connectivity index (χ2v) is 7.93. The molecule has 1 aliphatic heterocycles. The number of furan rings is 1. The van der Waals surface area contributed by atoms with Crippen molar-refractivity contribution in [2.75, 3.05) is 27.4 Å². The summed E-state index contributed by atoms with van der Waals surface area (Å²) < 4.78 is 26.3. The van der Waals surface area contributed by atoms with Crippen molar-refractivity contribution in [2.24, 2.45) is 0 Å². The van der Waals surface area contributed by atoms with Gasteiger partial charge in [-0.25, -0.2) is 14.4 Å². The van der Waals surface area contributed by atoms with Gasteiger partial charge in [0.1, 0.15) is 11.5 Å². The number of imide groups is 1. The van der Waals surface area contributed by atoms with Gasteiger partial charge in [-0.15, -0.1) is 0 Å². The summed E-state index contributed by atoms with van der Waals surface area (Å²) in [6.07, 6.45) is 1.49. The first kappa shape index (κ1) is 25.1. The van der Waals surface area contributed by atoms with Crippen LogP contribution in [0.15, 0.2) is 34.4 Å². The molecule has 3 rings (SSSR count). The lowest BCUT2D eigenvalue weighted by molar-refractivity contribution is -0.145. The van der Waals surface area contributed by atoms with Crippen molar-refractivity contribution in [3.8, 4) is 11.5 Å². The fraction of sp³-hybridized carbons (Fsp3) is 0.273. The Balaban J connectivity index is 1.77. The van der Waals surface area contributed by atoms with Crippen molar-refractivity contribution in [2.45, 2.75) is 13.5 Å². The summed E-state index contributed by atoms with van der Waals surface area (Å²) in [7, 11) is 2.66. The first-order chi connectivity index (χ1) is 16.3. The van der Waals surface area contributed by atoms with Crippen LogP contribution in [0.25, 0.3) is 6.08 Å². The number of amides is 3. The first-order valence-corrected chi connectivity index (χ1v) is 11.0. The lowest BCUT2D eigenvalue weighted by Crippen LogP contribution is -2.30. The molecule has 0 radical (unpaired) electrons. The lowest BCUT2D eigenvalue weighted by atomic mass is 10.1. The molecular weight excluding hydrogens is 563 g/mol. The fourth-order valence-electron chi connectivity index (χ4n) is 3.01. The van der Waals surface area contributed by atoms with Crippen molar-refractivity contribution >= 4 is 52.5 Å². The monoisotopic (exact) mass is 584 g/mol. The third-order valence-electron chi connectivity index (χ3n) is 4.53. The zero-order valence-corrected chi connectivity index (χ0v) is 20.7. The molecule has 2 heterocycles. The van der Waals surface area contributed by atoms with Crippen LogP contribution in [0.4, 0.5) is 4.79 Å². The van der Waals surface area contributed by atoms with Crippen LogP contribution in [0.5, 0.6) is 11.5 Å². The van der Waals surface area contributed by atoms with Crippen molar-refractivity contribution < 1.29 is 42.5 Å². The number of carbonyl (C=O) groups excluding carboxylic acids is 4. The maximum absolute atomic E-state index is 12.8.